The first-order valence-corrected chi connectivity index (χ1v) is 7.99. The SMILES string of the molecule is CC(C)Cc1nc(-c2ccc(F)cc2Br)[nH]c(=O)c1I. The maximum atomic E-state index is 13.1. The van der Waals surface area contributed by atoms with Crippen LogP contribution in [0.25, 0.3) is 11.4 Å². The fourth-order valence-electron chi connectivity index (χ4n) is 1.84. The molecule has 3 nitrogen and oxygen atoms in total. The van der Waals surface area contributed by atoms with Crippen molar-refractivity contribution < 1.29 is 4.39 Å². The van der Waals surface area contributed by atoms with Crippen LogP contribution in [-0.4, -0.2) is 9.97 Å². The number of rotatable bonds is 3. The van der Waals surface area contributed by atoms with E-state index in [1.807, 2.05) is 22.6 Å². The molecular formula is C14H13BrFIN2O. The molecule has 0 aliphatic carbocycles. The van der Waals surface area contributed by atoms with E-state index in [1.165, 1.54) is 12.1 Å². The average Bonchev–Trinajstić information content (AvgIpc) is 2.34. The Morgan fingerprint density at radius 2 is 2.15 bits per heavy atom. The molecule has 2 rings (SSSR count). The molecule has 0 radical (unpaired) electrons. The van der Waals surface area contributed by atoms with Crippen molar-refractivity contribution in [3.8, 4) is 11.4 Å². The molecule has 1 aromatic carbocycles. The third kappa shape index (κ3) is 3.46. The van der Waals surface area contributed by atoms with E-state index in [-0.39, 0.29) is 11.4 Å². The zero-order valence-corrected chi connectivity index (χ0v) is 14.7. The van der Waals surface area contributed by atoms with Crippen molar-refractivity contribution in [2.24, 2.45) is 5.92 Å². The van der Waals surface area contributed by atoms with Crippen molar-refractivity contribution in [3.05, 3.63) is 48.1 Å². The molecule has 0 aliphatic rings. The second-order valence-corrected chi connectivity index (χ2v) is 6.83. The zero-order chi connectivity index (χ0) is 14.9. The number of aromatic nitrogens is 2. The molecule has 0 saturated carbocycles. The molecule has 0 spiro atoms. The highest BCUT2D eigenvalue weighted by Crippen LogP contribution is 2.26. The van der Waals surface area contributed by atoms with Crippen LogP contribution >= 0.6 is 38.5 Å². The Balaban J connectivity index is 2.57. The predicted molar refractivity (Wildman–Crippen MR) is 89.2 cm³/mol. The maximum absolute atomic E-state index is 13.1. The van der Waals surface area contributed by atoms with Crippen LogP contribution in [0.3, 0.4) is 0 Å². The Morgan fingerprint density at radius 3 is 2.75 bits per heavy atom. The summed E-state index contributed by atoms with van der Waals surface area (Å²) in [5.41, 5.74) is 1.28. The van der Waals surface area contributed by atoms with Crippen LogP contribution in [0.15, 0.2) is 27.5 Å². The molecule has 20 heavy (non-hydrogen) atoms. The Labute approximate surface area is 138 Å². The molecular weight excluding hydrogens is 438 g/mol. The van der Waals surface area contributed by atoms with E-state index in [4.69, 9.17) is 0 Å². The first-order chi connectivity index (χ1) is 9.38. The summed E-state index contributed by atoms with van der Waals surface area (Å²) in [6.45, 7) is 4.15. The Morgan fingerprint density at radius 1 is 1.45 bits per heavy atom. The smallest absolute Gasteiger partial charge is 0.264 e. The molecule has 1 heterocycles. The van der Waals surface area contributed by atoms with Crippen LogP contribution in [0.1, 0.15) is 19.5 Å². The molecule has 0 unspecified atom stereocenters. The summed E-state index contributed by atoms with van der Waals surface area (Å²) in [5, 5.41) is 0. The second kappa shape index (κ2) is 6.34. The molecule has 0 atom stereocenters. The van der Waals surface area contributed by atoms with Crippen LogP contribution in [0.4, 0.5) is 4.39 Å². The lowest BCUT2D eigenvalue weighted by atomic mass is 10.1. The van der Waals surface area contributed by atoms with Gasteiger partial charge in [-0.15, -0.1) is 0 Å². The van der Waals surface area contributed by atoms with Crippen LogP contribution < -0.4 is 5.56 Å². The summed E-state index contributed by atoms with van der Waals surface area (Å²) >= 11 is 5.31. The minimum absolute atomic E-state index is 0.164. The third-order valence-corrected chi connectivity index (χ3v) is 4.49. The molecule has 0 bridgehead atoms. The largest absolute Gasteiger partial charge is 0.306 e. The fraction of sp³-hybridized carbons (Fsp3) is 0.286. The maximum Gasteiger partial charge on any atom is 0.264 e. The van der Waals surface area contributed by atoms with E-state index < -0.39 is 0 Å². The van der Waals surface area contributed by atoms with Gasteiger partial charge in [0.15, 0.2) is 0 Å². The summed E-state index contributed by atoms with van der Waals surface area (Å²) in [6, 6.07) is 4.30. The van der Waals surface area contributed by atoms with Crippen molar-refractivity contribution >= 4 is 38.5 Å². The van der Waals surface area contributed by atoms with E-state index in [1.54, 1.807) is 6.07 Å². The number of nitrogens with zero attached hydrogens (tertiary/aromatic N) is 1. The summed E-state index contributed by atoms with van der Waals surface area (Å²) < 4.78 is 14.3. The molecule has 0 amide bonds. The van der Waals surface area contributed by atoms with Gasteiger partial charge in [0.1, 0.15) is 11.6 Å². The summed E-state index contributed by atoms with van der Waals surface area (Å²) in [6.07, 6.45) is 0.730. The number of aromatic amines is 1. The fourth-order valence-corrected chi connectivity index (χ4v) is 2.85. The van der Waals surface area contributed by atoms with Crippen molar-refractivity contribution in [1.29, 1.82) is 0 Å². The van der Waals surface area contributed by atoms with Gasteiger partial charge in [0.25, 0.3) is 5.56 Å². The molecule has 0 aliphatic heterocycles. The van der Waals surface area contributed by atoms with Crippen LogP contribution in [0.5, 0.6) is 0 Å². The van der Waals surface area contributed by atoms with Gasteiger partial charge in [-0.05, 0) is 69.1 Å². The van der Waals surface area contributed by atoms with Crippen molar-refractivity contribution in [2.45, 2.75) is 20.3 Å². The van der Waals surface area contributed by atoms with Crippen molar-refractivity contribution in [3.63, 3.8) is 0 Å². The highest BCUT2D eigenvalue weighted by Gasteiger charge is 2.13. The lowest BCUT2D eigenvalue weighted by Crippen LogP contribution is -2.17. The molecule has 6 heteroatoms. The Hall–Kier alpha value is -0.760. The van der Waals surface area contributed by atoms with Gasteiger partial charge in [-0.2, -0.15) is 0 Å². The summed E-state index contributed by atoms with van der Waals surface area (Å²) in [5.74, 6) is 0.524. The number of halogens is 3. The molecule has 1 aromatic heterocycles. The topological polar surface area (TPSA) is 45.8 Å². The van der Waals surface area contributed by atoms with Gasteiger partial charge in [-0.25, -0.2) is 9.37 Å². The highest BCUT2D eigenvalue weighted by atomic mass is 127. The van der Waals surface area contributed by atoms with Crippen LogP contribution in [0.2, 0.25) is 0 Å². The minimum atomic E-state index is -0.337. The van der Waals surface area contributed by atoms with Gasteiger partial charge in [0.05, 0.1) is 9.26 Å². The second-order valence-electron chi connectivity index (χ2n) is 4.90. The van der Waals surface area contributed by atoms with Crippen LogP contribution in [-0.2, 0) is 6.42 Å². The van der Waals surface area contributed by atoms with Crippen molar-refractivity contribution in [2.75, 3.05) is 0 Å². The van der Waals surface area contributed by atoms with Crippen LogP contribution in [0, 0.1) is 15.3 Å². The van der Waals surface area contributed by atoms with Gasteiger partial charge in [0.2, 0.25) is 0 Å². The lowest BCUT2D eigenvalue weighted by molar-refractivity contribution is 0.626. The van der Waals surface area contributed by atoms with Gasteiger partial charge < -0.3 is 4.98 Å². The van der Waals surface area contributed by atoms with E-state index in [2.05, 4.69) is 39.7 Å². The Bertz CT molecular complexity index is 700. The molecule has 1 N–H and O–H groups in total. The van der Waals surface area contributed by atoms with E-state index in [0.717, 1.165) is 12.1 Å². The molecule has 0 saturated heterocycles. The number of benzene rings is 1. The summed E-state index contributed by atoms with van der Waals surface area (Å²) in [7, 11) is 0. The highest BCUT2D eigenvalue weighted by molar-refractivity contribution is 14.1. The first-order valence-electron chi connectivity index (χ1n) is 6.12. The number of hydrogen-bond acceptors (Lipinski definition) is 2. The molecule has 0 fully saturated rings. The molecule has 2 aromatic rings. The number of nitrogens with one attached hydrogen (secondary N) is 1. The Kier molecular flexibility index (Phi) is 4.95. The third-order valence-electron chi connectivity index (χ3n) is 2.72. The normalized spacial score (nSPS) is 11.1. The molecule has 106 valence electrons. The van der Waals surface area contributed by atoms with Gasteiger partial charge in [0, 0.05) is 10.0 Å². The summed E-state index contributed by atoms with van der Waals surface area (Å²) in [4.78, 5) is 19.3. The van der Waals surface area contributed by atoms with Gasteiger partial charge in [-0.3, -0.25) is 4.79 Å². The quantitative estimate of drug-likeness (QED) is 0.714. The number of H-pyrrole nitrogens is 1. The van der Waals surface area contributed by atoms with E-state index in [9.17, 15) is 9.18 Å². The minimum Gasteiger partial charge on any atom is -0.306 e. The standard InChI is InChI=1S/C14H13BrFIN2O/c1-7(2)5-11-12(17)14(20)19-13(18-11)9-4-3-8(16)6-10(9)15/h3-4,6-7H,5H2,1-2H3,(H,18,19,20). The first kappa shape index (κ1) is 15.6. The van der Waals surface area contributed by atoms with Crippen molar-refractivity contribution in [1.82, 2.24) is 9.97 Å². The zero-order valence-electron chi connectivity index (χ0n) is 11.0. The predicted octanol–water partition coefficient (Wildman–Crippen LogP) is 4.14. The van der Waals surface area contributed by atoms with E-state index >= 15 is 0 Å². The van der Waals surface area contributed by atoms with Gasteiger partial charge >= 0.3 is 0 Å². The average molecular weight is 451 g/mol. The van der Waals surface area contributed by atoms with Gasteiger partial charge in [-0.1, -0.05) is 13.8 Å². The monoisotopic (exact) mass is 450 g/mol. The lowest BCUT2D eigenvalue weighted by Gasteiger charge is -2.10. The van der Waals surface area contributed by atoms with E-state index in [0.29, 0.717) is 25.3 Å². The number of hydrogen-bond donors (Lipinski definition) is 1.